The molecular formula is C19H16N4O3S. The van der Waals surface area contributed by atoms with E-state index in [1.165, 1.54) is 0 Å². The fourth-order valence-corrected chi connectivity index (χ4v) is 3.88. The first-order chi connectivity index (χ1) is 12.9. The molecule has 0 bridgehead atoms. The highest BCUT2D eigenvalue weighted by Gasteiger charge is 2.25. The summed E-state index contributed by atoms with van der Waals surface area (Å²) >= 11 is 0. The molecule has 0 unspecified atom stereocenters. The molecule has 0 saturated heterocycles. The molecule has 4 rings (SSSR count). The molecule has 0 fully saturated rings. The number of H-pyrrole nitrogens is 1. The maximum Gasteiger partial charge on any atom is 0.261 e. The lowest BCUT2D eigenvalue weighted by Crippen LogP contribution is -2.13. The normalized spacial score (nSPS) is 14.9. The first-order valence-corrected chi connectivity index (χ1v) is 9.66. The van der Waals surface area contributed by atoms with Crippen molar-refractivity contribution in [3.63, 3.8) is 0 Å². The molecule has 1 amide bonds. The quantitative estimate of drug-likeness (QED) is 0.605. The second kappa shape index (κ2) is 6.40. The van der Waals surface area contributed by atoms with E-state index in [2.05, 4.69) is 20.2 Å². The van der Waals surface area contributed by atoms with E-state index in [1.807, 2.05) is 6.92 Å². The maximum absolute atomic E-state index is 12.6. The lowest BCUT2D eigenvalue weighted by atomic mass is 10.0. The SMILES string of the molecule is Cc1ccc(S(=O)(=O)Nc2ccc3c(c2)/C(=C/c2cn[nH]c2)C(=O)N3)cc1. The van der Waals surface area contributed by atoms with E-state index in [1.54, 1.807) is 60.9 Å². The molecule has 0 spiro atoms. The Balaban J connectivity index is 1.68. The molecule has 0 radical (unpaired) electrons. The molecule has 0 atom stereocenters. The van der Waals surface area contributed by atoms with Gasteiger partial charge in [0.05, 0.1) is 11.1 Å². The Labute approximate surface area is 156 Å². The average molecular weight is 380 g/mol. The molecule has 3 aromatic rings. The minimum atomic E-state index is -3.72. The zero-order valence-corrected chi connectivity index (χ0v) is 15.2. The molecule has 2 heterocycles. The van der Waals surface area contributed by atoms with Crippen LogP contribution >= 0.6 is 0 Å². The average Bonchev–Trinajstić information content (AvgIpc) is 3.24. The van der Waals surface area contributed by atoms with Gasteiger partial charge in [-0.25, -0.2) is 8.42 Å². The molecule has 27 heavy (non-hydrogen) atoms. The lowest BCUT2D eigenvalue weighted by molar-refractivity contribution is -0.110. The van der Waals surface area contributed by atoms with E-state index in [4.69, 9.17) is 0 Å². The van der Waals surface area contributed by atoms with E-state index >= 15 is 0 Å². The number of carbonyl (C=O) groups is 1. The van der Waals surface area contributed by atoms with Crippen molar-refractivity contribution in [2.45, 2.75) is 11.8 Å². The summed E-state index contributed by atoms with van der Waals surface area (Å²) in [6.45, 7) is 1.89. The van der Waals surface area contributed by atoms with Crippen molar-refractivity contribution in [1.82, 2.24) is 10.2 Å². The van der Waals surface area contributed by atoms with E-state index in [-0.39, 0.29) is 10.8 Å². The number of nitrogens with one attached hydrogen (secondary N) is 3. The van der Waals surface area contributed by atoms with Gasteiger partial charge in [-0.15, -0.1) is 0 Å². The summed E-state index contributed by atoms with van der Waals surface area (Å²) in [4.78, 5) is 12.4. The van der Waals surface area contributed by atoms with Crippen LogP contribution in [-0.2, 0) is 14.8 Å². The summed E-state index contributed by atoms with van der Waals surface area (Å²) in [5.74, 6) is -0.246. The van der Waals surface area contributed by atoms with E-state index < -0.39 is 10.0 Å². The number of aromatic nitrogens is 2. The number of hydrogen-bond donors (Lipinski definition) is 3. The van der Waals surface area contributed by atoms with Crippen LogP contribution in [0.2, 0.25) is 0 Å². The van der Waals surface area contributed by atoms with Crippen LogP contribution in [0.4, 0.5) is 11.4 Å². The monoisotopic (exact) mass is 380 g/mol. The van der Waals surface area contributed by atoms with Crippen LogP contribution in [0.25, 0.3) is 11.6 Å². The Bertz CT molecular complexity index is 1150. The van der Waals surface area contributed by atoms with Gasteiger partial charge in [0, 0.05) is 34.3 Å². The van der Waals surface area contributed by atoms with Crippen molar-refractivity contribution in [2.24, 2.45) is 0 Å². The van der Waals surface area contributed by atoms with Crippen LogP contribution in [0.15, 0.2) is 59.8 Å². The summed E-state index contributed by atoms with van der Waals surface area (Å²) < 4.78 is 27.8. The minimum absolute atomic E-state index is 0.178. The second-order valence-electron chi connectivity index (χ2n) is 6.22. The van der Waals surface area contributed by atoms with Gasteiger partial charge in [-0.05, 0) is 43.3 Å². The molecule has 1 aliphatic heterocycles. The van der Waals surface area contributed by atoms with Crippen LogP contribution in [-0.4, -0.2) is 24.5 Å². The van der Waals surface area contributed by atoms with Crippen LogP contribution < -0.4 is 10.0 Å². The third-order valence-electron chi connectivity index (χ3n) is 4.22. The number of carbonyl (C=O) groups excluding carboxylic acids is 1. The number of anilines is 2. The summed E-state index contributed by atoms with van der Waals surface area (Å²) in [5.41, 5.74) is 3.81. The third-order valence-corrected chi connectivity index (χ3v) is 5.61. The van der Waals surface area contributed by atoms with Crippen molar-refractivity contribution in [3.8, 4) is 0 Å². The number of aromatic amines is 1. The molecule has 136 valence electrons. The molecule has 3 N–H and O–H groups in total. The standard InChI is InChI=1S/C19H16N4O3S/c1-12-2-5-15(6-3-12)27(25,26)23-14-4-7-18-16(9-14)17(19(24)22-18)8-13-10-20-21-11-13/h2-11,23H,1H3,(H,20,21)(H,22,24)/b17-8-. The van der Waals surface area contributed by atoms with Crippen molar-refractivity contribution in [2.75, 3.05) is 10.0 Å². The predicted octanol–water partition coefficient (Wildman–Crippen LogP) is 3.01. The van der Waals surface area contributed by atoms with Gasteiger partial charge < -0.3 is 5.32 Å². The number of fused-ring (bicyclic) bond motifs is 1. The van der Waals surface area contributed by atoms with Crippen molar-refractivity contribution >= 4 is 39.0 Å². The molecule has 1 aromatic heterocycles. The number of nitrogens with zero attached hydrogens (tertiary/aromatic N) is 1. The van der Waals surface area contributed by atoms with Gasteiger partial charge in [0.25, 0.3) is 15.9 Å². The van der Waals surface area contributed by atoms with Crippen LogP contribution in [0.1, 0.15) is 16.7 Å². The fourth-order valence-electron chi connectivity index (χ4n) is 2.83. The number of aryl methyl sites for hydroxylation is 1. The third kappa shape index (κ3) is 3.34. The van der Waals surface area contributed by atoms with Gasteiger partial charge in [0.1, 0.15) is 0 Å². The van der Waals surface area contributed by atoms with Crippen molar-refractivity contribution in [3.05, 3.63) is 71.5 Å². The van der Waals surface area contributed by atoms with Gasteiger partial charge >= 0.3 is 0 Å². The number of sulfonamides is 1. The summed E-state index contributed by atoms with van der Waals surface area (Å²) in [6, 6.07) is 11.5. The molecular weight excluding hydrogens is 364 g/mol. The van der Waals surface area contributed by atoms with Gasteiger partial charge in [-0.3, -0.25) is 14.6 Å². The Hall–Kier alpha value is -3.39. The molecule has 0 aliphatic carbocycles. The van der Waals surface area contributed by atoms with Crippen molar-refractivity contribution < 1.29 is 13.2 Å². The first kappa shape index (κ1) is 17.0. The smallest absolute Gasteiger partial charge is 0.261 e. The van der Waals surface area contributed by atoms with E-state index in [0.717, 1.165) is 11.1 Å². The summed E-state index contributed by atoms with van der Waals surface area (Å²) in [7, 11) is -3.72. The Morgan fingerprint density at radius 3 is 2.59 bits per heavy atom. The highest BCUT2D eigenvalue weighted by atomic mass is 32.2. The maximum atomic E-state index is 12.6. The van der Waals surface area contributed by atoms with E-state index in [9.17, 15) is 13.2 Å². The topological polar surface area (TPSA) is 104 Å². The Kier molecular flexibility index (Phi) is 4.04. The van der Waals surface area contributed by atoms with Gasteiger partial charge in [0.2, 0.25) is 0 Å². The molecule has 2 aromatic carbocycles. The largest absolute Gasteiger partial charge is 0.321 e. The van der Waals surface area contributed by atoms with Crippen LogP contribution in [0, 0.1) is 6.92 Å². The molecule has 1 aliphatic rings. The lowest BCUT2D eigenvalue weighted by Gasteiger charge is -2.10. The van der Waals surface area contributed by atoms with Gasteiger partial charge in [-0.1, -0.05) is 17.7 Å². The Morgan fingerprint density at radius 1 is 1.11 bits per heavy atom. The summed E-state index contributed by atoms with van der Waals surface area (Å²) in [5, 5.41) is 9.32. The zero-order valence-electron chi connectivity index (χ0n) is 14.4. The van der Waals surface area contributed by atoms with Crippen LogP contribution in [0.5, 0.6) is 0 Å². The van der Waals surface area contributed by atoms with Crippen LogP contribution in [0.3, 0.4) is 0 Å². The number of rotatable bonds is 4. The Morgan fingerprint density at radius 2 is 1.89 bits per heavy atom. The number of hydrogen-bond acceptors (Lipinski definition) is 4. The highest BCUT2D eigenvalue weighted by Crippen LogP contribution is 2.35. The highest BCUT2D eigenvalue weighted by molar-refractivity contribution is 7.92. The van der Waals surface area contributed by atoms with E-state index in [0.29, 0.717) is 22.5 Å². The predicted molar refractivity (Wildman–Crippen MR) is 104 cm³/mol. The number of amides is 1. The molecule has 7 nitrogen and oxygen atoms in total. The zero-order chi connectivity index (χ0) is 19.0. The van der Waals surface area contributed by atoms with Crippen molar-refractivity contribution in [1.29, 1.82) is 0 Å². The van der Waals surface area contributed by atoms with Gasteiger partial charge in [0.15, 0.2) is 0 Å². The molecule has 8 heteroatoms. The second-order valence-corrected chi connectivity index (χ2v) is 7.91. The number of benzene rings is 2. The summed E-state index contributed by atoms with van der Waals surface area (Å²) in [6.07, 6.45) is 4.97. The molecule has 0 saturated carbocycles. The first-order valence-electron chi connectivity index (χ1n) is 8.18. The fraction of sp³-hybridized carbons (Fsp3) is 0.0526. The minimum Gasteiger partial charge on any atom is -0.321 e. The van der Waals surface area contributed by atoms with Gasteiger partial charge in [-0.2, -0.15) is 5.10 Å².